The van der Waals surface area contributed by atoms with E-state index < -0.39 is 5.54 Å². The molecule has 0 heterocycles. The fraction of sp³-hybridized carbons (Fsp3) is 0.929. The predicted molar refractivity (Wildman–Crippen MR) is 73.7 cm³/mol. The normalized spacial score (nSPS) is 14.2. The van der Waals surface area contributed by atoms with Gasteiger partial charge in [-0.2, -0.15) is 0 Å². The largest absolute Gasteiger partial charge is 0.465 e. The molecular weight excluding hydrogens is 230 g/mol. The Hall–Kier alpha value is -0.610. The van der Waals surface area contributed by atoms with Crippen molar-refractivity contribution in [3.8, 4) is 0 Å². The molecule has 0 fully saturated rings. The van der Waals surface area contributed by atoms with Gasteiger partial charge in [0.25, 0.3) is 0 Å². The van der Waals surface area contributed by atoms with E-state index in [0.29, 0.717) is 6.61 Å². The molecule has 0 radical (unpaired) electrons. The molecule has 0 saturated carbocycles. The first-order valence-corrected chi connectivity index (χ1v) is 7.10. The molecule has 1 atom stereocenters. The summed E-state index contributed by atoms with van der Waals surface area (Å²) in [5.41, 5.74) is -0.557. The molecular formula is C14H29NO3. The summed E-state index contributed by atoms with van der Waals surface area (Å²) in [7, 11) is 0. The van der Waals surface area contributed by atoms with Crippen LogP contribution in [-0.4, -0.2) is 37.9 Å². The summed E-state index contributed by atoms with van der Waals surface area (Å²) >= 11 is 0. The Morgan fingerprint density at radius 2 is 1.89 bits per heavy atom. The van der Waals surface area contributed by atoms with Gasteiger partial charge < -0.3 is 14.8 Å². The number of esters is 1. The van der Waals surface area contributed by atoms with Crippen LogP contribution in [0.15, 0.2) is 0 Å². The zero-order chi connectivity index (χ0) is 13.9. The van der Waals surface area contributed by atoms with E-state index in [1.54, 1.807) is 0 Å². The minimum absolute atomic E-state index is 0.144. The molecule has 0 bridgehead atoms. The van der Waals surface area contributed by atoms with Crippen LogP contribution in [0.1, 0.15) is 53.4 Å². The minimum atomic E-state index is -0.557. The molecule has 0 aliphatic rings. The van der Waals surface area contributed by atoms with Gasteiger partial charge in [-0.1, -0.05) is 6.92 Å². The van der Waals surface area contributed by atoms with Crippen LogP contribution >= 0.6 is 0 Å². The molecule has 0 aromatic heterocycles. The van der Waals surface area contributed by atoms with Crippen molar-refractivity contribution in [2.45, 2.75) is 58.9 Å². The predicted octanol–water partition coefficient (Wildman–Crippen LogP) is 2.51. The summed E-state index contributed by atoms with van der Waals surface area (Å²) in [4.78, 5) is 12.0. The van der Waals surface area contributed by atoms with Gasteiger partial charge in [0.2, 0.25) is 0 Å². The average Bonchev–Trinajstić information content (AvgIpc) is 2.36. The number of unbranched alkanes of at least 4 members (excludes halogenated alkanes) is 1. The number of carbonyl (C=O) groups is 1. The quantitative estimate of drug-likeness (QED) is 0.457. The molecule has 0 aliphatic heterocycles. The first-order valence-electron chi connectivity index (χ1n) is 7.10. The number of hydrogen-bond donors (Lipinski definition) is 1. The van der Waals surface area contributed by atoms with E-state index in [0.717, 1.165) is 45.4 Å². The SMILES string of the molecule is CCCNC(C)(CCCCOCC)C(=O)OCC. The number of rotatable bonds is 11. The van der Waals surface area contributed by atoms with Crippen LogP contribution in [0.25, 0.3) is 0 Å². The summed E-state index contributed by atoms with van der Waals surface area (Å²) in [5, 5.41) is 3.31. The zero-order valence-electron chi connectivity index (χ0n) is 12.4. The Morgan fingerprint density at radius 3 is 2.44 bits per heavy atom. The van der Waals surface area contributed by atoms with E-state index in [1.165, 1.54) is 0 Å². The number of carbonyl (C=O) groups excluding carboxylic acids is 1. The first kappa shape index (κ1) is 17.4. The molecule has 1 unspecified atom stereocenters. The number of ether oxygens (including phenoxy) is 2. The van der Waals surface area contributed by atoms with Crippen LogP contribution < -0.4 is 5.32 Å². The lowest BCUT2D eigenvalue weighted by atomic mass is 9.94. The topological polar surface area (TPSA) is 47.6 Å². The smallest absolute Gasteiger partial charge is 0.326 e. The van der Waals surface area contributed by atoms with Crippen LogP contribution in [0.2, 0.25) is 0 Å². The molecule has 4 heteroatoms. The summed E-state index contributed by atoms with van der Waals surface area (Å²) in [6, 6.07) is 0. The molecule has 0 spiro atoms. The first-order chi connectivity index (χ1) is 8.60. The molecule has 0 rings (SSSR count). The van der Waals surface area contributed by atoms with Crippen molar-refractivity contribution in [1.82, 2.24) is 5.32 Å². The second-order valence-electron chi connectivity index (χ2n) is 4.63. The monoisotopic (exact) mass is 259 g/mol. The maximum Gasteiger partial charge on any atom is 0.326 e. The van der Waals surface area contributed by atoms with E-state index in [9.17, 15) is 4.79 Å². The third-order valence-electron chi connectivity index (χ3n) is 2.91. The standard InChI is InChI=1S/C14H29NO3/c1-5-11-15-14(4,13(16)18-7-3)10-8-9-12-17-6-2/h15H,5-12H2,1-4H3. The van der Waals surface area contributed by atoms with Gasteiger partial charge in [-0.15, -0.1) is 0 Å². The van der Waals surface area contributed by atoms with Crippen molar-refractivity contribution in [3.05, 3.63) is 0 Å². The van der Waals surface area contributed by atoms with Crippen LogP contribution in [0.5, 0.6) is 0 Å². The molecule has 0 aliphatic carbocycles. The lowest BCUT2D eigenvalue weighted by Crippen LogP contribution is -2.50. The lowest BCUT2D eigenvalue weighted by molar-refractivity contribution is -0.150. The molecule has 1 N–H and O–H groups in total. The van der Waals surface area contributed by atoms with Crippen LogP contribution in [0.3, 0.4) is 0 Å². The second kappa shape index (κ2) is 10.3. The van der Waals surface area contributed by atoms with Gasteiger partial charge in [0.05, 0.1) is 6.61 Å². The van der Waals surface area contributed by atoms with Crippen molar-refractivity contribution in [1.29, 1.82) is 0 Å². The molecule has 0 amide bonds. The fourth-order valence-corrected chi connectivity index (χ4v) is 1.78. The van der Waals surface area contributed by atoms with Crippen LogP contribution in [0, 0.1) is 0 Å². The average molecular weight is 259 g/mol. The molecule has 18 heavy (non-hydrogen) atoms. The third-order valence-corrected chi connectivity index (χ3v) is 2.91. The fourth-order valence-electron chi connectivity index (χ4n) is 1.78. The van der Waals surface area contributed by atoms with Crippen molar-refractivity contribution < 1.29 is 14.3 Å². The Morgan fingerprint density at radius 1 is 1.17 bits per heavy atom. The Bertz CT molecular complexity index is 221. The van der Waals surface area contributed by atoms with Crippen LogP contribution in [-0.2, 0) is 14.3 Å². The molecule has 4 nitrogen and oxygen atoms in total. The number of hydrogen-bond acceptors (Lipinski definition) is 4. The van der Waals surface area contributed by atoms with E-state index in [1.807, 2.05) is 20.8 Å². The van der Waals surface area contributed by atoms with Crippen molar-refractivity contribution >= 4 is 5.97 Å². The third kappa shape index (κ3) is 6.97. The summed E-state index contributed by atoms with van der Waals surface area (Å²) in [6.07, 6.45) is 3.75. The summed E-state index contributed by atoms with van der Waals surface area (Å²) in [6.45, 7) is 10.6. The van der Waals surface area contributed by atoms with Crippen molar-refractivity contribution in [2.75, 3.05) is 26.4 Å². The van der Waals surface area contributed by atoms with E-state index in [-0.39, 0.29) is 5.97 Å². The van der Waals surface area contributed by atoms with Gasteiger partial charge in [-0.3, -0.25) is 4.79 Å². The number of nitrogens with one attached hydrogen (secondary N) is 1. The van der Waals surface area contributed by atoms with Gasteiger partial charge in [0, 0.05) is 13.2 Å². The lowest BCUT2D eigenvalue weighted by Gasteiger charge is -2.28. The highest BCUT2D eigenvalue weighted by Crippen LogP contribution is 2.16. The minimum Gasteiger partial charge on any atom is -0.465 e. The molecule has 0 saturated heterocycles. The van der Waals surface area contributed by atoms with Crippen LogP contribution in [0.4, 0.5) is 0 Å². The van der Waals surface area contributed by atoms with Gasteiger partial charge in [-0.05, 0) is 53.0 Å². The highest BCUT2D eigenvalue weighted by atomic mass is 16.5. The van der Waals surface area contributed by atoms with Gasteiger partial charge in [-0.25, -0.2) is 0 Å². The van der Waals surface area contributed by atoms with Crippen molar-refractivity contribution in [2.24, 2.45) is 0 Å². The summed E-state index contributed by atoms with van der Waals surface area (Å²) < 4.78 is 10.5. The molecule has 0 aromatic rings. The highest BCUT2D eigenvalue weighted by Gasteiger charge is 2.33. The van der Waals surface area contributed by atoms with Gasteiger partial charge in [0.15, 0.2) is 0 Å². The highest BCUT2D eigenvalue weighted by molar-refractivity contribution is 5.80. The van der Waals surface area contributed by atoms with E-state index in [2.05, 4.69) is 12.2 Å². The maximum absolute atomic E-state index is 12.0. The molecule has 0 aromatic carbocycles. The van der Waals surface area contributed by atoms with E-state index in [4.69, 9.17) is 9.47 Å². The Balaban J connectivity index is 4.15. The van der Waals surface area contributed by atoms with Gasteiger partial charge >= 0.3 is 5.97 Å². The Kier molecular flexibility index (Phi) is 9.98. The molecule has 108 valence electrons. The second-order valence-corrected chi connectivity index (χ2v) is 4.63. The maximum atomic E-state index is 12.0. The zero-order valence-corrected chi connectivity index (χ0v) is 12.4. The van der Waals surface area contributed by atoms with Crippen molar-refractivity contribution in [3.63, 3.8) is 0 Å². The Labute approximate surface area is 111 Å². The van der Waals surface area contributed by atoms with Gasteiger partial charge in [0.1, 0.15) is 5.54 Å². The van der Waals surface area contributed by atoms with E-state index >= 15 is 0 Å². The summed E-state index contributed by atoms with van der Waals surface area (Å²) in [5.74, 6) is -0.144.